The van der Waals surface area contributed by atoms with Crippen LogP contribution in [0.2, 0.25) is 0 Å². The van der Waals surface area contributed by atoms with Crippen molar-refractivity contribution in [1.82, 2.24) is 4.90 Å². The SMILES string of the molecule is CCC(=O)OC1(c2ccccc2)CCN(CCO)C1C. The van der Waals surface area contributed by atoms with E-state index in [2.05, 4.69) is 11.8 Å². The molecule has 2 unspecified atom stereocenters. The van der Waals surface area contributed by atoms with Crippen LogP contribution in [0.1, 0.15) is 32.3 Å². The third kappa shape index (κ3) is 2.72. The second-order valence-electron chi connectivity index (χ2n) is 5.27. The lowest BCUT2D eigenvalue weighted by Crippen LogP contribution is -2.44. The second-order valence-corrected chi connectivity index (χ2v) is 5.27. The highest BCUT2D eigenvalue weighted by Gasteiger charge is 2.48. The minimum Gasteiger partial charge on any atom is -0.452 e. The third-order valence-electron chi connectivity index (χ3n) is 4.23. The average Bonchev–Trinajstić information content (AvgIpc) is 2.79. The van der Waals surface area contributed by atoms with E-state index in [9.17, 15) is 4.79 Å². The molecule has 0 radical (unpaired) electrons. The molecule has 1 aliphatic rings. The number of esters is 1. The van der Waals surface area contributed by atoms with Gasteiger partial charge in [0.15, 0.2) is 5.60 Å². The molecule has 2 rings (SSSR count). The number of carbonyl (C=O) groups excluding carboxylic acids is 1. The minimum atomic E-state index is -0.594. The Hall–Kier alpha value is -1.39. The van der Waals surface area contributed by atoms with Crippen molar-refractivity contribution in [3.63, 3.8) is 0 Å². The van der Waals surface area contributed by atoms with E-state index in [1.165, 1.54) is 0 Å². The van der Waals surface area contributed by atoms with Crippen LogP contribution in [0.3, 0.4) is 0 Å². The Balaban J connectivity index is 2.33. The first-order valence-electron chi connectivity index (χ1n) is 7.26. The fourth-order valence-corrected chi connectivity index (χ4v) is 3.02. The summed E-state index contributed by atoms with van der Waals surface area (Å²) < 4.78 is 5.86. The molecule has 0 saturated carbocycles. The molecule has 1 aliphatic heterocycles. The van der Waals surface area contributed by atoms with Crippen molar-refractivity contribution in [3.8, 4) is 0 Å². The Morgan fingerprint density at radius 2 is 2.15 bits per heavy atom. The zero-order valence-corrected chi connectivity index (χ0v) is 12.2. The second kappa shape index (κ2) is 6.37. The Bertz CT molecular complexity index is 448. The maximum Gasteiger partial charge on any atom is 0.306 e. The van der Waals surface area contributed by atoms with Gasteiger partial charge in [0, 0.05) is 25.9 Å². The molecule has 0 spiro atoms. The van der Waals surface area contributed by atoms with E-state index >= 15 is 0 Å². The van der Waals surface area contributed by atoms with Gasteiger partial charge in [-0.2, -0.15) is 0 Å². The van der Waals surface area contributed by atoms with Gasteiger partial charge < -0.3 is 9.84 Å². The van der Waals surface area contributed by atoms with Gasteiger partial charge in [-0.15, -0.1) is 0 Å². The summed E-state index contributed by atoms with van der Waals surface area (Å²) in [6.45, 7) is 5.44. The van der Waals surface area contributed by atoms with Crippen molar-refractivity contribution in [2.75, 3.05) is 19.7 Å². The van der Waals surface area contributed by atoms with Crippen molar-refractivity contribution in [1.29, 1.82) is 0 Å². The van der Waals surface area contributed by atoms with Crippen molar-refractivity contribution in [3.05, 3.63) is 35.9 Å². The zero-order chi connectivity index (χ0) is 14.6. The van der Waals surface area contributed by atoms with Gasteiger partial charge in [-0.25, -0.2) is 0 Å². The number of β-amino-alcohol motifs (C(OH)–C–C–N with tert-alkyl or cyclic N) is 1. The van der Waals surface area contributed by atoms with Gasteiger partial charge in [-0.1, -0.05) is 37.3 Å². The van der Waals surface area contributed by atoms with Gasteiger partial charge in [-0.05, 0) is 12.5 Å². The first-order chi connectivity index (χ1) is 9.64. The van der Waals surface area contributed by atoms with E-state index in [4.69, 9.17) is 9.84 Å². The molecule has 1 heterocycles. The smallest absolute Gasteiger partial charge is 0.306 e. The van der Waals surface area contributed by atoms with E-state index in [0.717, 1.165) is 18.5 Å². The number of nitrogens with zero attached hydrogens (tertiary/aromatic N) is 1. The highest BCUT2D eigenvalue weighted by atomic mass is 16.6. The summed E-state index contributed by atoms with van der Waals surface area (Å²) in [5.41, 5.74) is 0.443. The average molecular weight is 277 g/mol. The van der Waals surface area contributed by atoms with Crippen LogP contribution >= 0.6 is 0 Å². The molecule has 1 fully saturated rings. The molecule has 1 N–H and O–H groups in total. The van der Waals surface area contributed by atoms with E-state index in [1.54, 1.807) is 0 Å². The van der Waals surface area contributed by atoms with Gasteiger partial charge in [0.1, 0.15) is 0 Å². The van der Waals surface area contributed by atoms with Crippen LogP contribution in [0.5, 0.6) is 0 Å². The summed E-state index contributed by atoms with van der Waals surface area (Å²) in [5.74, 6) is -0.174. The van der Waals surface area contributed by atoms with Gasteiger partial charge in [0.05, 0.1) is 12.6 Å². The summed E-state index contributed by atoms with van der Waals surface area (Å²) >= 11 is 0. The maximum absolute atomic E-state index is 11.9. The number of likely N-dealkylation sites (tertiary alicyclic amines) is 1. The highest BCUT2D eigenvalue weighted by molar-refractivity contribution is 5.70. The summed E-state index contributed by atoms with van der Waals surface area (Å²) in [6, 6.07) is 10.00. The molecule has 4 heteroatoms. The third-order valence-corrected chi connectivity index (χ3v) is 4.23. The normalized spacial score (nSPS) is 26.6. The quantitative estimate of drug-likeness (QED) is 0.835. The summed E-state index contributed by atoms with van der Waals surface area (Å²) in [5, 5.41) is 9.16. The Morgan fingerprint density at radius 3 is 2.75 bits per heavy atom. The number of hydrogen-bond donors (Lipinski definition) is 1. The molecule has 2 atom stereocenters. The topological polar surface area (TPSA) is 49.8 Å². The fourth-order valence-electron chi connectivity index (χ4n) is 3.02. The molecule has 4 nitrogen and oxygen atoms in total. The lowest BCUT2D eigenvalue weighted by molar-refractivity contribution is -0.163. The van der Waals surface area contributed by atoms with Gasteiger partial charge in [0.2, 0.25) is 0 Å². The van der Waals surface area contributed by atoms with Crippen LogP contribution in [0.25, 0.3) is 0 Å². The summed E-state index contributed by atoms with van der Waals surface area (Å²) in [6.07, 6.45) is 1.14. The van der Waals surface area contributed by atoms with Crippen molar-refractivity contribution in [2.24, 2.45) is 0 Å². The molecule has 1 aromatic carbocycles. The molecule has 110 valence electrons. The van der Waals surface area contributed by atoms with Crippen LogP contribution in [-0.4, -0.2) is 41.7 Å². The number of carbonyl (C=O) groups is 1. The monoisotopic (exact) mass is 277 g/mol. The fraction of sp³-hybridized carbons (Fsp3) is 0.562. The van der Waals surface area contributed by atoms with Gasteiger partial charge in [0.25, 0.3) is 0 Å². The first kappa shape index (κ1) is 15.0. The standard InChI is InChI=1S/C16H23NO3/c1-3-15(19)20-16(14-7-5-4-6-8-14)9-10-17(11-12-18)13(16)2/h4-8,13,18H,3,9-12H2,1-2H3. The van der Waals surface area contributed by atoms with Crippen LogP contribution < -0.4 is 0 Å². The molecule has 1 saturated heterocycles. The number of rotatable bonds is 5. The molecular formula is C16H23NO3. The Labute approximate surface area is 120 Å². The minimum absolute atomic E-state index is 0.0625. The number of hydrogen-bond acceptors (Lipinski definition) is 4. The summed E-state index contributed by atoms with van der Waals surface area (Å²) in [7, 11) is 0. The summed E-state index contributed by atoms with van der Waals surface area (Å²) in [4.78, 5) is 14.0. The lowest BCUT2D eigenvalue weighted by Gasteiger charge is -2.36. The van der Waals surface area contributed by atoms with Crippen LogP contribution in [0, 0.1) is 0 Å². The van der Waals surface area contributed by atoms with E-state index in [-0.39, 0.29) is 18.6 Å². The Kier molecular flexibility index (Phi) is 4.78. The molecule has 0 bridgehead atoms. The molecule has 0 aliphatic carbocycles. The van der Waals surface area contributed by atoms with E-state index in [1.807, 2.05) is 37.3 Å². The van der Waals surface area contributed by atoms with Crippen LogP contribution in [0.15, 0.2) is 30.3 Å². The predicted molar refractivity (Wildman–Crippen MR) is 77.2 cm³/mol. The number of ether oxygens (including phenoxy) is 1. The molecule has 1 aromatic rings. The van der Waals surface area contributed by atoms with Crippen molar-refractivity contribution >= 4 is 5.97 Å². The molecule has 0 amide bonds. The predicted octanol–water partition coefficient (Wildman–Crippen LogP) is 1.92. The van der Waals surface area contributed by atoms with Crippen LogP contribution in [0.4, 0.5) is 0 Å². The number of benzene rings is 1. The largest absolute Gasteiger partial charge is 0.452 e. The zero-order valence-electron chi connectivity index (χ0n) is 12.2. The maximum atomic E-state index is 11.9. The Morgan fingerprint density at radius 1 is 1.45 bits per heavy atom. The highest BCUT2D eigenvalue weighted by Crippen LogP contribution is 2.41. The van der Waals surface area contributed by atoms with Crippen LogP contribution in [-0.2, 0) is 15.1 Å². The lowest BCUT2D eigenvalue weighted by atomic mass is 9.87. The molecule has 20 heavy (non-hydrogen) atoms. The number of aliphatic hydroxyl groups excluding tert-OH is 1. The van der Waals surface area contributed by atoms with E-state index in [0.29, 0.717) is 13.0 Å². The van der Waals surface area contributed by atoms with E-state index < -0.39 is 5.60 Å². The van der Waals surface area contributed by atoms with Gasteiger partial charge in [-0.3, -0.25) is 9.69 Å². The number of aliphatic hydroxyl groups is 1. The van der Waals surface area contributed by atoms with Crippen molar-refractivity contribution < 1.29 is 14.6 Å². The molecule has 0 aromatic heterocycles. The van der Waals surface area contributed by atoms with Crippen molar-refractivity contribution in [2.45, 2.75) is 38.3 Å². The first-order valence-corrected chi connectivity index (χ1v) is 7.26. The molecular weight excluding hydrogens is 254 g/mol. The van der Waals surface area contributed by atoms with Gasteiger partial charge >= 0.3 is 5.97 Å².